The highest BCUT2D eigenvalue weighted by Gasteiger charge is 2.37. The average molecular weight is 479 g/mol. The standard InChI is InChI=1S/C19H18IN3O2S/c1-12-5-3-4-6-15(12)22-17(24)11-16-18(25)23(2)19(26-16)21-14-9-7-13(20)8-10-14/h3-10,16H,11H2,1-2H3,(H,22,24). The second-order valence-electron chi connectivity index (χ2n) is 5.94. The highest BCUT2D eigenvalue weighted by molar-refractivity contribution is 14.1. The summed E-state index contributed by atoms with van der Waals surface area (Å²) in [5.41, 5.74) is 2.55. The van der Waals surface area contributed by atoms with E-state index >= 15 is 0 Å². The smallest absolute Gasteiger partial charge is 0.242 e. The average Bonchev–Trinajstić information content (AvgIpc) is 2.87. The molecule has 1 unspecified atom stereocenters. The van der Waals surface area contributed by atoms with Gasteiger partial charge in [-0.15, -0.1) is 0 Å². The predicted octanol–water partition coefficient (Wildman–Crippen LogP) is 4.19. The molecular weight excluding hydrogens is 461 g/mol. The van der Waals surface area contributed by atoms with Gasteiger partial charge in [-0.05, 0) is 65.4 Å². The van der Waals surface area contributed by atoms with E-state index in [0.29, 0.717) is 5.17 Å². The zero-order valence-corrected chi connectivity index (χ0v) is 17.4. The molecule has 1 saturated heterocycles. The minimum Gasteiger partial charge on any atom is -0.326 e. The lowest BCUT2D eigenvalue weighted by atomic mass is 10.2. The predicted molar refractivity (Wildman–Crippen MR) is 115 cm³/mol. The van der Waals surface area contributed by atoms with Gasteiger partial charge in [-0.3, -0.25) is 14.5 Å². The Morgan fingerprint density at radius 2 is 1.92 bits per heavy atom. The van der Waals surface area contributed by atoms with Gasteiger partial charge in [0.25, 0.3) is 0 Å². The molecule has 1 heterocycles. The van der Waals surface area contributed by atoms with E-state index in [9.17, 15) is 9.59 Å². The minimum atomic E-state index is -0.452. The Balaban J connectivity index is 1.67. The molecule has 2 aromatic rings. The maximum Gasteiger partial charge on any atom is 0.242 e. The molecule has 1 fully saturated rings. The van der Waals surface area contributed by atoms with Crippen LogP contribution in [0.4, 0.5) is 11.4 Å². The number of para-hydroxylation sites is 1. The number of halogens is 1. The number of benzene rings is 2. The Kier molecular flexibility index (Phi) is 5.98. The van der Waals surface area contributed by atoms with Gasteiger partial charge in [0.05, 0.1) is 5.69 Å². The number of amides is 2. The quantitative estimate of drug-likeness (QED) is 0.670. The number of hydrogen-bond acceptors (Lipinski definition) is 4. The first-order valence-corrected chi connectivity index (χ1v) is 10.0. The van der Waals surface area contributed by atoms with E-state index in [1.165, 1.54) is 16.7 Å². The van der Waals surface area contributed by atoms with E-state index in [1.54, 1.807) is 7.05 Å². The van der Waals surface area contributed by atoms with Crippen LogP contribution in [-0.2, 0) is 9.59 Å². The summed E-state index contributed by atoms with van der Waals surface area (Å²) >= 11 is 3.57. The molecule has 0 aliphatic carbocycles. The summed E-state index contributed by atoms with van der Waals surface area (Å²) in [6.45, 7) is 1.94. The van der Waals surface area contributed by atoms with Crippen LogP contribution in [0.5, 0.6) is 0 Å². The largest absolute Gasteiger partial charge is 0.326 e. The lowest BCUT2D eigenvalue weighted by molar-refractivity contribution is -0.127. The Hall–Kier alpha value is -1.87. The van der Waals surface area contributed by atoms with Gasteiger partial charge < -0.3 is 5.32 Å². The fraction of sp³-hybridized carbons (Fsp3) is 0.211. The number of carbonyl (C=O) groups excluding carboxylic acids is 2. The van der Waals surface area contributed by atoms with Crippen LogP contribution < -0.4 is 5.32 Å². The van der Waals surface area contributed by atoms with Crippen LogP contribution in [0.3, 0.4) is 0 Å². The zero-order chi connectivity index (χ0) is 18.7. The number of carbonyl (C=O) groups is 2. The number of rotatable bonds is 4. The fourth-order valence-corrected chi connectivity index (χ4v) is 4.02. The van der Waals surface area contributed by atoms with Gasteiger partial charge in [-0.2, -0.15) is 0 Å². The van der Waals surface area contributed by atoms with Crippen LogP contribution >= 0.6 is 34.4 Å². The van der Waals surface area contributed by atoms with Crippen LogP contribution in [0.25, 0.3) is 0 Å². The molecule has 134 valence electrons. The zero-order valence-electron chi connectivity index (χ0n) is 14.4. The van der Waals surface area contributed by atoms with Crippen molar-refractivity contribution in [3.63, 3.8) is 0 Å². The Labute approximate surface area is 170 Å². The molecule has 0 aromatic heterocycles. The Morgan fingerprint density at radius 3 is 2.62 bits per heavy atom. The van der Waals surface area contributed by atoms with E-state index < -0.39 is 5.25 Å². The normalized spacial score (nSPS) is 18.4. The van der Waals surface area contributed by atoms with Crippen molar-refractivity contribution in [1.82, 2.24) is 4.90 Å². The number of aliphatic imine (C=N–C) groups is 1. The van der Waals surface area contributed by atoms with E-state index in [1.807, 2.05) is 55.5 Å². The molecule has 1 aliphatic heterocycles. The van der Waals surface area contributed by atoms with Crippen LogP contribution in [0.15, 0.2) is 53.5 Å². The second kappa shape index (κ2) is 8.22. The van der Waals surface area contributed by atoms with Crippen molar-refractivity contribution >= 4 is 62.7 Å². The SMILES string of the molecule is Cc1ccccc1NC(=O)CC1SC(=Nc2ccc(I)cc2)N(C)C1=O. The molecule has 2 amide bonds. The van der Waals surface area contributed by atoms with Crippen molar-refractivity contribution in [1.29, 1.82) is 0 Å². The third-order valence-corrected chi connectivity index (χ3v) is 5.93. The number of anilines is 1. The van der Waals surface area contributed by atoms with Crippen molar-refractivity contribution in [3.05, 3.63) is 57.7 Å². The van der Waals surface area contributed by atoms with Crippen molar-refractivity contribution in [2.45, 2.75) is 18.6 Å². The van der Waals surface area contributed by atoms with E-state index in [0.717, 1.165) is 20.5 Å². The van der Waals surface area contributed by atoms with Crippen LogP contribution in [0.2, 0.25) is 0 Å². The third kappa shape index (κ3) is 4.45. The molecule has 7 heteroatoms. The first-order valence-electron chi connectivity index (χ1n) is 8.08. The van der Waals surface area contributed by atoms with Gasteiger partial charge in [0, 0.05) is 22.7 Å². The molecule has 2 aromatic carbocycles. The Morgan fingerprint density at radius 1 is 1.23 bits per heavy atom. The summed E-state index contributed by atoms with van der Waals surface area (Å²) in [4.78, 5) is 30.9. The maximum atomic E-state index is 12.5. The molecule has 0 saturated carbocycles. The van der Waals surface area contributed by atoms with E-state index in [4.69, 9.17) is 0 Å². The summed E-state index contributed by atoms with van der Waals surface area (Å²) in [5.74, 6) is -0.270. The molecule has 1 N–H and O–H groups in total. The summed E-state index contributed by atoms with van der Waals surface area (Å²) in [5, 5.41) is 3.04. The number of aryl methyl sites for hydroxylation is 1. The van der Waals surface area contributed by atoms with E-state index in [-0.39, 0.29) is 18.2 Å². The molecule has 0 spiro atoms. The van der Waals surface area contributed by atoms with Gasteiger partial charge in [0.15, 0.2) is 5.17 Å². The topological polar surface area (TPSA) is 61.8 Å². The number of amidine groups is 1. The number of hydrogen-bond donors (Lipinski definition) is 1. The van der Waals surface area contributed by atoms with Crippen molar-refractivity contribution in [3.8, 4) is 0 Å². The highest BCUT2D eigenvalue weighted by atomic mass is 127. The minimum absolute atomic E-state index is 0.0980. The lowest BCUT2D eigenvalue weighted by Gasteiger charge is -2.10. The molecule has 26 heavy (non-hydrogen) atoms. The van der Waals surface area contributed by atoms with E-state index in [2.05, 4.69) is 32.9 Å². The summed E-state index contributed by atoms with van der Waals surface area (Å²) in [6.07, 6.45) is 0.119. The molecule has 1 atom stereocenters. The fourth-order valence-electron chi connectivity index (χ4n) is 2.51. The summed E-state index contributed by atoms with van der Waals surface area (Å²) in [7, 11) is 1.69. The maximum absolute atomic E-state index is 12.5. The molecule has 0 radical (unpaired) electrons. The van der Waals surface area contributed by atoms with Crippen LogP contribution in [0.1, 0.15) is 12.0 Å². The Bertz CT molecular complexity index is 867. The van der Waals surface area contributed by atoms with Gasteiger partial charge in [-0.1, -0.05) is 30.0 Å². The third-order valence-electron chi connectivity index (χ3n) is 3.98. The van der Waals surface area contributed by atoms with Crippen molar-refractivity contribution < 1.29 is 9.59 Å². The lowest BCUT2D eigenvalue weighted by Crippen LogP contribution is -2.30. The molecule has 0 bridgehead atoms. The molecule has 1 aliphatic rings. The van der Waals surface area contributed by atoms with Crippen molar-refractivity contribution in [2.75, 3.05) is 12.4 Å². The summed E-state index contributed by atoms with van der Waals surface area (Å²) < 4.78 is 1.13. The van der Waals surface area contributed by atoms with Gasteiger partial charge >= 0.3 is 0 Å². The monoisotopic (exact) mass is 479 g/mol. The van der Waals surface area contributed by atoms with Gasteiger partial charge in [-0.25, -0.2) is 4.99 Å². The molecule has 3 rings (SSSR count). The van der Waals surface area contributed by atoms with Crippen molar-refractivity contribution in [2.24, 2.45) is 4.99 Å². The number of nitrogens with zero attached hydrogens (tertiary/aromatic N) is 2. The van der Waals surface area contributed by atoms with Crippen LogP contribution in [-0.4, -0.2) is 34.2 Å². The number of thioether (sulfide) groups is 1. The van der Waals surface area contributed by atoms with Crippen LogP contribution in [0, 0.1) is 10.5 Å². The second-order valence-corrected chi connectivity index (χ2v) is 8.36. The number of nitrogens with one attached hydrogen (secondary N) is 1. The van der Waals surface area contributed by atoms with Gasteiger partial charge in [0.1, 0.15) is 5.25 Å². The summed E-state index contributed by atoms with van der Waals surface area (Å²) in [6, 6.07) is 15.3. The first kappa shape index (κ1) is 18.9. The van der Waals surface area contributed by atoms with Gasteiger partial charge in [0.2, 0.25) is 11.8 Å². The first-order chi connectivity index (χ1) is 12.4. The highest BCUT2D eigenvalue weighted by Crippen LogP contribution is 2.31. The molecular formula is C19H18IN3O2S. The molecule has 5 nitrogen and oxygen atoms in total.